The number of hydrogen-bond donors (Lipinski definition) is 0. The molecular weight excluding hydrogens is 442 g/mol. The number of benzene rings is 2. The maximum atomic E-state index is 13.3. The number of piperazine rings is 1. The third kappa shape index (κ3) is 4.65. The van der Waals surface area contributed by atoms with Crippen LogP contribution in [0.4, 0.5) is 5.69 Å². The first-order chi connectivity index (χ1) is 16.3. The molecule has 184 valence electrons. The Kier molecular flexibility index (Phi) is 6.75. The minimum absolute atomic E-state index is 0.429. The van der Waals surface area contributed by atoms with Gasteiger partial charge in [0.05, 0.1) is 4.90 Å². The fourth-order valence-corrected chi connectivity index (χ4v) is 7.63. The summed E-state index contributed by atoms with van der Waals surface area (Å²) in [6.07, 6.45) is 7.80. The molecule has 0 bridgehead atoms. The minimum atomic E-state index is -3.46. The van der Waals surface area contributed by atoms with Crippen molar-refractivity contribution in [3.05, 3.63) is 58.1 Å². The van der Waals surface area contributed by atoms with Gasteiger partial charge in [-0.05, 0) is 98.5 Å². The number of sulfonamides is 1. The van der Waals surface area contributed by atoms with Gasteiger partial charge in [-0.2, -0.15) is 4.31 Å². The van der Waals surface area contributed by atoms with E-state index in [9.17, 15) is 8.42 Å². The molecule has 1 saturated carbocycles. The molecule has 0 spiro atoms. The molecule has 1 saturated heterocycles. The lowest BCUT2D eigenvalue weighted by Gasteiger charge is -2.35. The van der Waals surface area contributed by atoms with Gasteiger partial charge in [-0.3, -0.25) is 4.90 Å². The Morgan fingerprint density at radius 1 is 0.765 bits per heavy atom. The van der Waals surface area contributed by atoms with Crippen LogP contribution in [0.15, 0.2) is 35.2 Å². The molecule has 34 heavy (non-hydrogen) atoms. The van der Waals surface area contributed by atoms with Crippen LogP contribution in [0.25, 0.3) is 0 Å². The van der Waals surface area contributed by atoms with Gasteiger partial charge in [0.2, 0.25) is 10.0 Å². The summed E-state index contributed by atoms with van der Waals surface area (Å²) < 4.78 is 28.3. The molecule has 2 aromatic rings. The molecule has 0 N–H and O–H groups in total. The Morgan fingerprint density at radius 3 is 2.03 bits per heavy atom. The highest BCUT2D eigenvalue weighted by atomic mass is 32.2. The number of nitrogens with zero attached hydrogens (tertiary/aromatic N) is 3. The number of aryl methyl sites for hydroxylation is 2. The van der Waals surface area contributed by atoms with Crippen LogP contribution in [0.2, 0.25) is 0 Å². The molecule has 2 aliphatic heterocycles. The maximum absolute atomic E-state index is 13.3. The van der Waals surface area contributed by atoms with Gasteiger partial charge in [0.1, 0.15) is 0 Å². The highest BCUT2D eigenvalue weighted by Crippen LogP contribution is 2.29. The van der Waals surface area contributed by atoms with Crippen molar-refractivity contribution in [1.82, 2.24) is 9.21 Å². The van der Waals surface area contributed by atoms with Crippen LogP contribution in [0.5, 0.6) is 0 Å². The second-order valence-corrected chi connectivity index (χ2v) is 12.4. The van der Waals surface area contributed by atoms with Crippen molar-refractivity contribution < 1.29 is 8.42 Å². The van der Waals surface area contributed by atoms with E-state index < -0.39 is 10.0 Å². The number of anilines is 1. The molecule has 6 heteroatoms. The zero-order chi connectivity index (χ0) is 23.9. The van der Waals surface area contributed by atoms with E-state index in [1.807, 2.05) is 32.9 Å². The highest BCUT2D eigenvalue weighted by molar-refractivity contribution is 7.89. The smallest absolute Gasteiger partial charge is 0.243 e. The van der Waals surface area contributed by atoms with Crippen LogP contribution in [0.3, 0.4) is 0 Å². The van der Waals surface area contributed by atoms with E-state index >= 15 is 0 Å². The zero-order valence-electron chi connectivity index (χ0n) is 21.0. The monoisotopic (exact) mass is 481 g/mol. The first-order valence-corrected chi connectivity index (χ1v) is 14.5. The van der Waals surface area contributed by atoms with Crippen molar-refractivity contribution in [2.45, 2.75) is 70.2 Å². The molecule has 3 aliphatic rings. The average molecular weight is 482 g/mol. The largest absolute Gasteiger partial charge is 0.369 e. The van der Waals surface area contributed by atoms with Crippen LogP contribution in [0.1, 0.15) is 53.5 Å². The van der Waals surface area contributed by atoms with Crippen molar-refractivity contribution in [3.8, 4) is 0 Å². The Morgan fingerprint density at radius 2 is 1.38 bits per heavy atom. The number of rotatable bonds is 4. The van der Waals surface area contributed by atoms with E-state index in [1.165, 1.54) is 61.2 Å². The van der Waals surface area contributed by atoms with E-state index in [0.29, 0.717) is 18.0 Å². The lowest BCUT2D eigenvalue weighted by atomic mass is 10.0. The van der Waals surface area contributed by atoms with E-state index in [2.05, 4.69) is 28.0 Å². The van der Waals surface area contributed by atoms with Crippen molar-refractivity contribution in [2.75, 3.05) is 44.2 Å². The van der Waals surface area contributed by atoms with Gasteiger partial charge in [-0.1, -0.05) is 18.9 Å². The van der Waals surface area contributed by atoms with Gasteiger partial charge in [-0.25, -0.2) is 8.42 Å². The predicted octanol–water partition coefficient (Wildman–Crippen LogP) is 4.47. The van der Waals surface area contributed by atoms with Crippen molar-refractivity contribution in [2.24, 2.45) is 0 Å². The van der Waals surface area contributed by atoms with Crippen LogP contribution >= 0.6 is 0 Å². The molecule has 2 aromatic carbocycles. The molecule has 0 amide bonds. The third-order valence-electron chi connectivity index (χ3n) is 8.51. The van der Waals surface area contributed by atoms with Gasteiger partial charge >= 0.3 is 0 Å². The molecule has 2 heterocycles. The lowest BCUT2D eigenvalue weighted by Crippen LogP contribution is -2.48. The second-order valence-electron chi connectivity index (χ2n) is 10.5. The zero-order valence-corrected chi connectivity index (χ0v) is 21.8. The highest BCUT2D eigenvalue weighted by Gasteiger charge is 2.30. The summed E-state index contributed by atoms with van der Waals surface area (Å²) in [6, 6.07) is 11.4. The SMILES string of the molecule is Cc1cc(S(=O)(=O)N2CCN(c3ccc4c(c3)CCN(C3CCCC3)CC4)CC2)cc(C)c1C. The van der Waals surface area contributed by atoms with Crippen LogP contribution in [0, 0.1) is 20.8 Å². The first-order valence-electron chi connectivity index (χ1n) is 13.0. The molecule has 0 atom stereocenters. The van der Waals surface area contributed by atoms with Crippen molar-refractivity contribution in [3.63, 3.8) is 0 Å². The quantitative estimate of drug-likeness (QED) is 0.647. The first kappa shape index (κ1) is 23.8. The van der Waals surface area contributed by atoms with Crippen LogP contribution in [-0.2, 0) is 22.9 Å². The summed E-state index contributed by atoms with van der Waals surface area (Å²) in [5, 5.41) is 0. The summed E-state index contributed by atoms with van der Waals surface area (Å²) in [4.78, 5) is 5.51. The summed E-state index contributed by atoms with van der Waals surface area (Å²) >= 11 is 0. The normalized spacial score (nSPS) is 21.0. The van der Waals surface area contributed by atoms with Crippen molar-refractivity contribution >= 4 is 15.7 Å². The number of hydrogen-bond acceptors (Lipinski definition) is 4. The third-order valence-corrected chi connectivity index (χ3v) is 10.4. The van der Waals surface area contributed by atoms with E-state index in [1.54, 1.807) is 4.31 Å². The fourth-order valence-electron chi connectivity index (χ4n) is 6.04. The van der Waals surface area contributed by atoms with E-state index in [-0.39, 0.29) is 0 Å². The predicted molar refractivity (Wildman–Crippen MR) is 139 cm³/mol. The van der Waals surface area contributed by atoms with Crippen LogP contribution < -0.4 is 4.90 Å². The number of fused-ring (bicyclic) bond motifs is 1. The summed E-state index contributed by atoms with van der Waals surface area (Å²) in [5.41, 5.74) is 7.46. The summed E-state index contributed by atoms with van der Waals surface area (Å²) in [7, 11) is -3.46. The molecule has 0 aromatic heterocycles. The van der Waals surface area contributed by atoms with Gasteiger partial charge in [0, 0.05) is 51.0 Å². The Bertz CT molecular complexity index is 1120. The van der Waals surface area contributed by atoms with Gasteiger partial charge in [-0.15, -0.1) is 0 Å². The standard InChI is InChI=1S/C28H39N3O2S/c1-21-18-28(19-22(2)23(21)3)34(32,33)31-16-14-30(15-17-31)27-9-8-24-10-12-29(13-11-25(24)20-27)26-6-4-5-7-26/h8-9,18-20,26H,4-7,10-17H2,1-3H3. The minimum Gasteiger partial charge on any atom is -0.369 e. The molecular formula is C28H39N3O2S. The van der Waals surface area contributed by atoms with Crippen molar-refractivity contribution in [1.29, 1.82) is 0 Å². The average Bonchev–Trinajstić information content (AvgIpc) is 3.29. The summed E-state index contributed by atoms with van der Waals surface area (Å²) in [6.45, 7) is 10.9. The molecule has 5 rings (SSSR count). The van der Waals surface area contributed by atoms with Gasteiger partial charge in [0.25, 0.3) is 0 Å². The van der Waals surface area contributed by atoms with Crippen LogP contribution in [-0.4, -0.2) is 62.9 Å². The molecule has 0 radical (unpaired) electrons. The Balaban J connectivity index is 1.25. The topological polar surface area (TPSA) is 43.9 Å². The Labute approximate surface area is 205 Å². The van der Waals surface area contributed by atoms with E-state index in [0.717, 1.165) is 43.1 Å². The fraction of sp³-hybridized carbons (Fsp3) is 0.571. The van der Waals surface area contributed by atoms with E-state index in [4.69, 9.17) is 0 Å². The molecule has 1 aliphatic carbocycles. The maximum Gasteiger partial charge on any atom is 0.243 e. The second kappa shape index (κ2) is 9.63. The van der Waals surface area contributed by atoms with Gasteiger partial charge in [0.15, 0.2) is 0 Å². The molecule has 5 nitrogen and oxygen atoms in total. The summed E-state index contributed by atoms with van der Waals surface area (Å²) in [5.74, 6) is 0. The Hall–Kier alpha value is -1.89. The molecule has 2 fully saturated rings. The lowest BCUT2D eigenvalue weighted by molar-refractivity contribution is 0.208. The van der Waals surface area contributed by atoms with Gasteiger partial charge < -0.3 is 4.90 Å². The molecule has 0 unspecified atom stereocenters.